The van der Waals surface area contributed by atoms with E-state index in [4.69, 9.17) is 0 Å². The van der Waals surface area contributed by atoms with Crippen molar-refractivity contribution in [3.63, 3.8) is 0 Å². The first-order valence-corrected chi connectivity index (χ1v) is 6.18. The minimum Gasteiger partial charge on any atom is -0.299 e. The monoisotopic (exact) mass is 242 g/mol. The van der Waals surface area contributed by atoms with Gasteiger partial charge in [-0.3, -0.25) is 4.79 Å². The zero-order valence-electron chi connectivity index (χ0n) is 7.76. The highest BCUT2D eigenvalue weighted by Gasteiger charge is 2.50. The van der Waals surface area contributed by atoms with Gasteiger partial charge in [-0.15, -0.1) is 0 Å². The smallest absolute Gasteiger partial charge is 0.139 e. The molecule has 4 saturated carbocycles. The van der Waals surface area contributed by atoms with E-state index in [2.05, 4.69) is 15.9 Å². The lowest BCUT2D eigenvalue weighted by molar-refractivity contribution is -0.133. The van der Waals surface area contributed by atoms with Crippen LogP contribution in [0.25, 0.3) is 0 Å². The van der Waals surface area contributed by atoms with Crippen molar-refractivity contribution in [2.75, 3.05) is 0 Å². The first kappa shape index (κ1) is 8.46. The topological polar surface area (TPSA) is 17.1 Å². The number of hydrogen-bond acceptors (Lipinski definition) is 1. The summed E-state index contributed by atoms with van der Waals surface area (Å²) in [4.78, 5) is 11.8. The Kier molecular flexibility index (Phi) is 1.69. The standard InChI is InChI=1S/C11H15BrO/c12-11-2-1-7-3-8(5-11)10(13)9(4-7)6-11/h7-9H,1-6H2. The zero-order valence-corrected chi connectivity index (χ0v) is 9.35. The van der Waals surface area contributed by atoms with Gasteiger partial charge in [0.25, 0.3) is 0 Å². The van der Waals surface area contributed by atoms with Crippen molar-refractivity contribution in [1.82, 2.24) is 0 Å². The summed E-state index contributed by atoms with van der Waals surface area (Å²) in [6.07, 6.45) is 7.30. The third-order valence-corrected chi connectivity index (χ3v) is 5.31. The van der Waals surface area contributed by atoms with Crippen LogP contribution in [-0.2, 0) is 4.79 Å². The van der Waals surface area contributed by atoms with Crippen LogP contribution in [0.15, 0.2) is 0 Å². The highest BCUT2D eigenvalue weighted by atomic mass is 79.9. The van der Waals surface area contributed by atoms with Crippen LogP contribution in [0.5, 0.6) is 0 Å². The van der Waals surface area contributed by atoms with E-state index in [1.54, 1.807) is 0 Å². The van der Waals surface area contributed by atoms with Gasteiger partial charge in [-0.2, -0.15) is 0 Å². The summed E-state index contributed by atoms with van der Waals surface area (Å²) in [7, 11) is 0. The fraction of sp³-hybridized carbons (Fsp3) is 0.909. The van der Waals surface area contributed by atoms with E-state index in [9.17, 15) is 4.79 Å². The molecule has 0 saturated heterocycles. The van der Waals surface area contributed by atoms with Crippen molar-refractivity contribution in [1.29, 1.82) is 0 Å². The molecule has 4 aliphatic rings. The van der Waals surface area contributed by atoms with Gasteiger partial charge in [0, 0.05) is 16.2 Å². The van der Waals surface area contributed by atoms with E-state index < -0.39 is 0 Å². The third-order valence-electron chi connectivity index (χ3n) is 4.27. The maximum absolute atomic E-state index is 11.8. The van der Waals surface area contributed by atoms with Crippen LogP contribution in [-0.4, -0.2) is 10.1 Å². The summed E-state index contributed by atoms with van der Waals surface area (Å²) in [5, 5.41) is 0. The van der Waals surface area contributed by atoms with Crippen LogP contribution in [0, 0.1) is 17.8 Å². The van der Waals surface area contributed by atoms with Gasteiger partial charge in [-0.1, -0.05) is 15.9 Å². The van der Waals surface area contributed by atoms with Gasteiger partial charge in [0.1, 0.15) is 5.78 Å². The Balaban J connectivity index is 2.00. The maximum atomic E-state index is 11.8. The molecule has 0 aromatic rings. The van der Waals surface area contributed by atoms with Crippen molar-refractivity contribution < 1.29 is 4.79 Å². The van der Waals surface area contributed by atoms with Crippen LogP contribution in [0.4, 0.5) is 0 Å². The van der Waals surface area contributed by atoms with Gasteiger partial charge in [0.15, 0.2) is 0 Å². The van der Waals surface area contributed by atoms with Gasteiger partial charge >= 0.3 is 0 Å². The molecule has 0 radical (unpaired) electrons. The molecule has 2 heteroatoms. The summed E-state index contributed by atoms with van der Waals surface area (Å²) in [6, 6.07) is 0. The van der Waals surface area contributed by atoms with E-state index in [1.165, 1.54) is 25.7 Å². The normalized spacial score (nSPS) is 53.9. The Morgan fingerprint density at radius 1 is 1.23 bits per heavy atom. The molecule has 0 spiro atoms. The minimum absolute atomic E-state index is 0.349. The first-order chi connectivity index (χ1) is 6.16. The third kappa shape index (κ3) is 1.21. The predicted octanol–water partition coefficient (Wildman–Crippen LogP) is 2.92. The number of carbonyl (C=O) groups excluding carboxylic acids is 1. The van der Waals surface area contributed by atoms with Crippen LogP contribution in [0.2, 0.25) is 0 Å². The van der Waals surface area contributed by atoms with Crippen LogP contribution < -0.4 is 0 Å². The Morgan fingerprint density at radius 2 is 1.85 bits per heavy atom. The summed E-state index contributed by atoms with van der Waals surface area (Å²) in [5.41, 5.74) is 0. The number of ketones is 1. The molecule has 2 atom stereocenters. The number of carbonyl (C=O) groups is 1. The molecule has 0 amide bonds. The largest absolute Gasteiger partial charge is 0.299 e. The molecule has 4 fully saturated rings. The second kappa shape index (κ2) is 2.59. The van der Waals surface area contributed by atoms with Crippen molar-refractivity contribution in [2.24, 2.45) is 17.8 Å². The van der Waals surface area contributed by atoms with Gasteiger partial charge < -0.3 is 0 Å². The van der Waals surface area contributed by atoms with Crippen molar-refractivity contribution in [2.45, 2.75) is 42.8 Å². The fourth-order valence-corrected chi connectivity index (χ4v) is 4.71. The average molecular weight is 243 g/mol. The number of halogens is 1. The lowest BCUT2D eigenvalue weighted by Crippen LogP contribution is -2.42. The molecule has 13 heavy (non-hydrogen) atoms. The molecule has 0 N–H and O–H groups in total. The Hall–Kier alpha value is 0.150. The van der Waals surface area contributed by atoms with E-state index >= 15 is 0 Å². The molecule has 0 aromatic heterocycles. The van der Waals surface area contributed by atoms with Crippen LogP contribution in [0.3, 0.4) is 0 Å². The molecular weight excluding hydrogens is 228 g/mol. The number of rotatable bonds is 0. The van der Waals surface area contributed by atoms with E-state index in [0.29, 0.717) is 21.9 Å². The predicted molar refractivity (Wildman–Crippen MR) is 54.8 cm³/mol. The average Bonchev–Trinajstić information content (AvgIpc) is 2.26. The minimum atomic E-state index is 0.349. The quantitative estimate of drug-likeness (QED) is 0.598. The molecule has 0 aromatic carbocycles. The Morgan fingerprint density at radius 3 is 2.46 bits per heavy atom. The highest BCUT2D eigenvalue weighted by Crippen LogP contribution is 2.54. The summed E-state index contributed by atoms with van der Waals surface area (Å²) < 4.78 is 0.349. The summed E-state index contributed by atoms with van der Waals surface area (Å²) >= 11 is 3.88. The van der Waals surface area contributed by atoms with Crippen LogP contribution in [0.1, 0.15) is 38.5 Å². The van der Waals surface area contributed by atoms with Crippen molar-refractivity contribution in [3.8, 4) is 0 Å². The Labute approximate surface area is 87.4 Å². The Bertz CT molecular complexity index is 243. The molecule has 4 rings (SSSR count). The molecular formula is C11H15BrO. The van der Waals surface area contributed by atoms with E-state index in [1.807, 2.05) is 0 Å². The number of hydrogen-bond donors (Lipinski definition) is 0. The second-order valence-corrected chi connectivity index (χ2v) is 6.91. The second-order valence-electron chi connectivity index (χ2n) is 5.23. The molecule has 2 unspecified atom stereocenters. The number of fused-ring (bicyclic) bond motifs is 1. The number of alkyl halides is 1. The highest BCUT2D eigenvalue weighted by molar-refractivity contribution is 9.10. The van der Waals surface area contributed by atoms with E-state index in [0.717, 1.165) is 18.8 Å². The zero-order chi connectivity index (χ0) is 9.05. The summed E-state index contributed by atoms with van der Waals surface area (Å²) in [5.74, 6) is 2.29. The van der Waals surface area contributed by atoms with Crippen molar-refractivity contribution >= 4 is 21.7 Å². The van der Waals surface area contributed by atoms with Gasteiger partial charge in [-0.25, -0.2) is 0 Å². The molecule has 1 nitrogen and oxygen atoms in total. The van der Waals surface area contributed by atoms with E-state index in [-0.39, 0.29) is 0 Å². The molecule has 4 aliphatic carbocycles. The first-order valence-electron chi connectivity index (χ1n) is 5.39. The van der Waals surface area contributed by atoms with Gasteiger partial charge in [0.05, 0.1) is 0 Å². The lowest BCUT2D eigenvalue weighted by atomic mass is 9.67. The fourth-order valence-electron chi connectivity index (χ4n) is 3.70. The molecule has 0 aliphatic heterocycles. The number of Topliss-reactive ketones (excluding diaryl/α,β-unsaturated/α-hetero) is 1. The molecule has 72 valence electrons. The van der Waals surface area contributed by atoms with Crippen molar-refractivity contribution in [3.05, 3.63) is 0 Å². The maximum Gasteiger partial charge on any atom is 0.139 e. The summed E-state index contributed by atoms with van der Waals surface area (Å²) in [6.45, 7) is 0. The lowest BCUT2D eigenvalue weighted by Gasteiger charge is -2.40. The van der Waals surface area contributed by atoms with Gasteiger partial charge in [0.2, 0.25) is 0 Å². The SMILES string of the molecule is O=C1C2CC3CCC(Br)(C2)CC1C3. The van der Waals surface area contributed by atoms with Gasteiger partial charge in [-0.05, 0) is 44.4 Å². The van der Waals surface area contributed by atoms with Crippen LogP contribution >= 0.6 is 15.9 Å². The molecule has 4 bridgehead atoms. The molecule has 0 heterocycles.